The molecule has 0 heterocycles. The Hall–Kier alpha value is -0.870. The molecule has 10 atom stereocenters. The van der Waals surface area contributed by atoms with Crippen molar-refractivity contribution in [3.63, 3.8) is 0 Å². The van der Waals surface area contributed by atoms with Crippen molar-refractivity contribution in [1.29, 1.82) is 0 Å². The van der Waals surface area contributed by atoms with Gasteiger partial charge in [-0.25, -0.2) is 4.79 Å². The zero-order valence-corrected chi connectivity index (χ0v) is 20.0. The molecular weight excluding hydrogens is 388 g/mol. The average Bonchev–Trinajstić information content (AvgIpc) is 3.06. The van der Waals surface area contributed by atoms with Crippen LogP contribution in [-0.2, 0) is 4.79 Å². The van der Waals surface area contributed by atoms with Gasteiger partial charge in [-0.2, -0.15) is 0 Å². The van der Waals surface area contributed by atoms with E-state index >= 15 is 0 Å². The highest BCUT2D eigenvalue weighted by Gasteiger charge is 2.62. The normalized spacial score (nSPS) is 48.5. The summed E-state index contributed by atoms with van der Waals surface area (Å²) in [6.45, 7) is 9.03. The lowest BCUT2D eigenvalue weighted by atomic mass is 9.43. The number of aliphatic carboxylic acids is 1. The summed E-state index contributed by atoms with van der Waals surface area (Å²) in [5.41, 5.74) is 1.03. The molecule has 0 aromatic rings. The van der Waals surface area contributed by atoms with E-state index in [0.29, 0.717) is 46.5 Å². The third-order valence-electron chi connectivity index (χ3n) is 10.8. The molecule has 4 aliphatic carbocycles. The average molecular weight is 433 g/mol. The summed E-state index contributed by atoms with van der Waals surface area (Å²) in [5, 5.41) is 30.7. The molecule has 4 nitrogen and oxygen atoms in total. The lowest BCUT2D eigenvalue weighted by Crippen LogP contribution is -2.58. The van der Waals surface area contributed by atoms with Crippen LogP contribution >= 0.6 is 0 Å². The molecule has 0 unspecified atom stereocenters. The van der Waals surface area contributed by atoms with Crippen molar-refractivity contribution in [1.82, 2.24) is 0 Å². The Morgan fingerprint density at radius 2 is 1.71 bits per heavy atom. The molecule has 4 fully saturated rings. The van der Waals surface area contributed by atoms with E-state index in [-0.39, 0.29) is 17.6 Å². The Kier molecular flexibility index (Phi) is 6.37. The molecule has 4 rings (SSSR count). The first-order valence-corrected chi connectivity index (χ1v) is 12.8. The van der Waals surface area contributed by atoms with E-state index in [4.69, 9.17) is 5.11 Å². The predicted octanol–water partition coefficient (Wildman–Crippen LogP) is 5.42. The molecule has 0 aromatic carbocycles. The van der Waals surface area contributed by atoms with E-state index < -0.39 is 5.97 Å². The lowest BCUT2D eigenvalue weighted by molar-refractivity contribution is -0.174. The van der Waals surface area contributed by atoms with Gasteiger partial charge in [0.15, 0.2) is 0 Å². The van der Waals surface area contributed by atoms with Crippen LogP contribution in [0, 0.1) is 46.3 Å². The third kappa shape index (κ3) is 3.90. The predicted molar refractivity (Wildman–Crippen MR) is 122 cm³/mol. The molecule has 4 aliphatic rings. The van der Waals surface area contributed by atoms with E-state index in [0.717, 1.165) is 38.5 Å². The Labute approximate surface area is 188 Å². The molecule has 0 radical (unpaired) electrons. The minimum atomic E-state index is -0.813. The number of carboxylic acids is 1. The number of rotatable bonds is 5. The monoisotopic (exact) mass is 432 g/mol. The molecular formula is C27H44O4. The summed E-state index contributed by atoms with van der Waals surface area (Å²) in [5.74, 6) is 2.53. The standard InChI is InChI=1S/C27H44O4/c1-16(6-5-7-17(2)25(30)31)20-8-9-21-24-22(11-13-27(20,21)4)26(3)12-10-19(28)14-18(26)15-23(24)29/h7,16,18-24,28-29H,5-6,8-15H2,1-4H3,(H,30,31)/b17-7+/t16-,18+,19-,20-,21+,22+,23-,24+,26+,27-/m1/s1. The highest BCUT2D eigenvalue weighted by molar-refractivity contribution is 5.85. The van der Waals surface area contributed by atoms with Crippen LogP contribution in [0.15, 0.2) is 11.6 Å². The van der Waals surface area contributed by atoms with E-state index in [9.17, 15) is 15.0 Å². The molecule has 176 valence electrons. The fourth-order valence-corrected chi connectivity index (χ4v) is 9.03. The second-order valence-electron chi connectivity index (χ2n) is 12.2. The van der Waals surface area contributed by atoms with Crippen LogP contribution in [0.3, 0.4) is 0 Å². The van der Waals surface area contributed by atoms with Crippen molar-refractivity contribution in [2.45, 2.75) is 104 Å². The van der Waals surface area contributed by atoms with Crippen LogP contribution in [0.2, 0.25) is 0 Å². The third-order valence-corrected chi connectivity index (χ3v) is 10.8. The molecule has 31 heavy (non-hydrogen) atoms. The van der Waals surface area contributed by atoms with Crippen molar-refractivity contribution in [2.24, 2.45) is 46.3 Å². The van der Waals surface area contributed by atoms with Crippen LogP contribution in [0.25, 0.3) is 0 Å². The zero-order valence-electron chi connectivity index (χ0n) is 20.0. The number of fused-ring (bicyclic) bond motifs is 5. The van der Waals surface area contributed by atoms with Gasteiger partial charge in [0.2, 0.25) is 0 Å². The number of aliphatic hydroxyl groups excluding tert-OH is 2. The summed E-state index contributed by atoms with van der Waals surface area (Å²) in [7, 11) is 0. The summed E-state index contributed by atoms with van der Waals surface area (Å²) in [4.78, 5) is 11.1. The van der Waals surface area contributed by atoms with Gasteiger partial charge in [0.25, 0.3) is 0 Å². The second-order valence-corrected chi connectivity index (χ2v) is 12.2. The van der Waals surface area contributed by atoms with Crippen molar-refractivity contribution >= 4 is 5.97 Å². The van der Waals surface area contributed by atoms with Gasteiger partial charge in [-0.05, 0) is 117 Å². The highest BCUT2D eigenvalue weighted by atomic mass is 16.4. The van der Waals surface area contributed by atoms with Gasteiger partial charge in [0.1, 0.15) is 0 Å². The lowest BCUT2D eigenvalue weighted by Gasteiger charge is -2.62. The molecule has 0 aliphatic heterocycles. The summed E-state index contributed by atoms with van der Waals surface area (Å²) in [6, 6.07) is 0. The minimum Gasteiger partial charge on any atom is -0.478 e. The van der Waals surface area contributed by atoms with Crippen molar-refractivity contribution in [3.8, 4) is 0 Å². The van der Waals surface area contributed by atoms with Gasteiger partial charge in [0, 0.05) is 5.57 Å². The maximum Gasteiger partial charge on any atom is 0.330 e. The molecule has 4 heteroatoms. The fourth-order valence-electron chi connectivity index (χ4n) is 9.03. The first kappa shape index (κ1) is 23.3. The van der Waals surface area contributed by atoms with Gasteiger partial charge in [-0.15, -0.1) is 0 Å². The van der Waals surface area contributed by atoms with Crippen LogP contribution < -0.4 is 0 Å². The molecule has 3 N–H and O–H groups in total. The van der Waals surface area contributed by atoms with E-state index in [1.165, 1.54) is 25.7 Å². The number of hydrogen-bond donors (Lipinski definition) is 3. The van der Waals surface area contributed by atoms with Gasteiger partial charge >= 0.3 is 5.97 Å². The Bertz CT molecular complexity index is 716. The molecule has 0 bridgehead atoms. The number of carboxylic acid groups (broad SMARTS) is 1. The maximum atomic E-state index is 11.3. The van der Waals surface area contributed by atoms with Gasteiger partial charge in [-0.1, -0.05) is 26.8 Å². The number of allylic oxidation sites excluding steroid dienone is 1. The molecule has 0 amide bonds. The van der Waals surface area contributed by atoms with Crippen molar-refractivity contribution < 1.29 is 20.1 Å². The Morgan fingerprint density at radius 1 is 1.03 bits per heavy atom. The Morgan fingerprint density at radius 3 is 2.42 bits per heavy atom. The fraction of sp³-hybridized carbons (Fsp3) is 0.889. The highest BCUT2D eigenvalue weighted by Crippen LogP contribution is 2.68. The maximum absolute atomic E-state index is 11.3. The largest absolute Gasteiger partial charge is 0.478 e. The topological polar surface area (TPSA) is 77.8 Å². The minimum absolute atomic E-state index is 0.175. The first-order valence-electron chi connectivity index (χ1n) is 12.8. The Balaban J connectivity index is 1.49. The SMILES string of the molecule is C/C(=C\CC[C@@H](C)[C@H]1CC[C@H]2[C@@H]3[C@H](O)C[C@@H]4C[C@H](O)CC[C@]4(C)[C@H]3CC[C@]12C)C(=O)O. The summed E-state index contributed by atoms with van der Waals surface area (Å²) >= 11 is 0. The quantitative estimate of drug-likeness (QED) is 0.507. The summed E-state index contributed by atoms with van der Waals surface area (Å²) < 4.78 is 0. The van der Waals surface area contributed by atoms with Gasteiger partial charge in [-0.3, -0.25) is 0 Å². The van der Waals surface area contributed by atoms with Crippen molar-refractivity contribution in [2.75, 3.05) is 0 Å². The number of hydrogen-bond acceptors (Lipinski definition) is 3. The van der Waals surface area contributed by atoms with Crippen LogP contribution in [0.1, 0.15) is 91.9 Å². The zero-order chi connectivity index (χ0) is 22.6. The molecule has 0 spiro atoms. The second kappa shape index (κ2) is 8.48. The van der Waals surface area contributed by atoms with Crippen LogP contribution in [0.4, 0.5) is 0 Å². The van der Waals surface area contributed by atoms with Crippen LogP contribution in [-0.4, -0.2) is 33.5 Å². The molecule has 0 saturated heterocycles. The van der Waals surface area contributed by atoms with Crippen LogP contribution in [0.5, 0.6) is 0 Å². The first-order chi connectivity index (χ1) is 14.6. The summed E-state index contributed by atoms with van der Waals surface area (Å²) in [6.07, 6.45) is 12.1. The van der Waals surface area contributed by atoms with E-state index in [1.54, 1.807) is 6.92 Å². The van der Waals surface area contributed by atoms with Crippen molar-refractivity contribution in [3.05, 3.63) is 11.6 Å². The number of carbonyl (C=O) groups is 1. The molecule has 0 aromatic heterocycles. The smallest absolute Gasteiger partial charge is 0.330 e. The number of aliphatic hydroxyl groups is 2. The van der Waals surface area contributed by atoms with E-state index in [2.05, 4.69) is 20.8 Å². The van der Waals surface area contributed by atoms with E-state index in [1.807, 2.05) is 6.08 Å². The van der Waals surface area contributed by atoms with Gasteiger partial charge < -0.3 is 15.3 Å². The molecule has 4 saturated carbocycles. The van der Waals surface area contributed by atoms with Gasteiger partial charge in [0.05, 0.1) is 12.2 Å².